The summed E-state index contributed by atoms with van der Waals surface area (Å²) in [6, 6.07) is 31.5. The van der Waals surface area contributed by atoms with E-state index in [0.29, 0.717) is 6.61 Å². The van der Waals surface area contributed by atoms with Gasteiger partial charge in [-0.15, -0.1) is 0 Å². The Morgan fingerprint density at radius 3 is 1.76 bits per heavy atom. The molecule has 0 unspecified atom stereocenters. The number of hydrogen-bond donors (Lipinski definition) is 0. The number of aromatic nitrogens is 2. The number of benzene rings is 3. The highest BCUT2D eigenvalue weighted by atomic mass is 16.6. The van der Waals surface area contributed by atoms with Gasteiger partial charge < -0.3 is 9.47 Å². The molecule has 1 atom stereocenters. The summed E-state index contributed by atoms with van der Waals surface area (Å²) in [6.45, 7) is 1.33. The van der Waals surface area contributed by atoms with Crippen molar-refractivity contribution < 1.29 is 9.47 Å². The Morgan fingerprint density at radius 1 is 0.828 bits per heavy atom. The minimum Gasteiger partial charge on any atom is -0.487 e. The number of rotatable bonds is 7. The molecule has 1 aliphatic rings. The third kappa shape index (κ3) is 3.32. The fraction of sp³-hybridized carbons (Fsp3) is 0.160. The van der Waals surface area contributed by atoms with Crippen LogP contribution in [0.4, 0.5) is 0 Å². The van der Waals surface area contributed by atoms with Crippen LogP contribution in [0.15, 0.2) is 103 Å². The standard InChI is InChI=1S/C25H22N2O2/c1-4-10-20(11-5-1)25(21-12-6-2-7-13-21,22-14-8-3-9-15-22)27-17-23(16-26-27)28-18-24-19-29-24/h1-17,24H,18-19H2/t24-/m1/s1. The maximum absolute atomic E-state index is 5.91. The molecular formula is C25H22N2O2. The van der Waals surface area contributed by atoms with Crippen molar-refractivity contribution in [3.05, 3.63) is 120 Å². The third-order valence-electron chi connectivity index (χ3n) is 5.32. The van der Waals surface area contributed by atoms with Crippen molar-refractivity contribution in [2.24, 2.45) is 0 Å². The van der Waals surface area contributed by atoms with Crippen LogP contribution in [0.5, 0.6) is 5.75 Å². The van der Waals surface area contributed by atoms with Crippen LogP contribution < -0.4 is 4.74 Å². The molecule has 1 aromatic heterocycles. The minimum atomic E-state index is -0.610. The maximum atomic E-state index is 5.91. The molecule has 1 saturated heterocycles. The van der Waals surface area contributed by atoms with Gasteiger partial charge in [-0.2, -0.15) is 5.10 Å². The smallest absolute Gasteiger partial charge is 0.157 e. The molecule has 0 bridgehead atoms. The lowest BCUT2D eigenvalue weighted by molar-refractivity contribution is 0.262. The van der Waals surface area contributed by atoms with Crippen LogP contribution in [-0.2, 0) is 10.3 Å². The van der Waals surface area contributed by atoms with E-state index in [4.69, 9.17) is 14.6 Å². The Bertz CT molecular complexity index is 961. The summed E-state index contributed by atoms with van der Waals surface area (Å²) in [5, 5.41) is 4.77. The summed E-state index contributed by atoms with van der Waals surface area (Å²) in [6.07, 6.45) is 3.97. The van der Waals surface area contributed by atoms with Crippen LogP contribution in [0.3, 0.4) is 0 Å². The van der Waals surface area contributed by atoms with Crippen molar-refractivity contribution in [2.75, 3.05) is 13.2 Å². The first-order valence-corrected chi connectivity index (χ1v) is 9.83. The van der Waals surface area contributed by atoms with Gasteiger partial charge in [0.05, 0.1) is 19.0 Å². The van der Waals surface area contributed by atoms with Crippen LogP contribution in [0.2, 0.25) is 0 Å². The second kappa shape index (κ2) is 7.57. The highest BCUT2D eigenvalue weighted by molar-refractivity contribution is 5.50. The predicted octanol–water partition coefficient (Wildman–Crippen LogP) is 4.50. The van der Waals surface area contributed by atoms with E-state index in [9.17, 15) is 0 Å². The topological polar surface area (TPSA) is 39.6 Å². The molecule has 4 nitrogen and oxygen atoms in total. The molecule has 4 heteroatoms. The molecule has 5 rings (SSSR count). The zero-order valence-corrected chi connectivity index (χ0v) is 16.0. The molecule has 144 valence electrons. The molecule has 0 aliphatic carbocycles. The Kier molecular flexibility index (Phi) is 4.62. The van der Waals surface area contributed by atoms with Crippen molar-refractivity contribution in [1.82, 2.24) is 9.78 Å². The summed E-state index contributed by atoms with van der Waals surface area (Å²) >= 11 is 0. The molecule has 29 heavy (non-hydrogen) atoms. The van der Waals surface area contributed by atoms with Crippen LogP contribution in [-0.4, -0.2) is 29.1 Å². The quantitative estimate of drug-likeness (QED) is 0.349. The van der Waals surface area contributed by atoms with Crippen molar-refractivity contribution in [2.45, 2.75) is 11.6 Å². The average molecular weight is 382 g/mol. The van der Waals surface area contributed by atoms with E-state index >= 15 is 0 Å². The summed E-state index contributed by atoms with van der Waals surface area (Å²) in [7, 11) is 0. The van der Waals surface area contributed by atoms with Crippen LogP contribution in [0.25, 0.3) is 0 Å². The minimum absolute atomic E-state index is 0.209. The second-order valence-corrected chi connectivity index (χ2v) is 7.20. The molecule has 0 N–H and O–H groups in total. The van der Waals surface area contributed by atoms with Gasteiger partial charge >= 0.3 is 0 Å². The third-order valence-corrected chi connectivity index (χ3v) is 5.32. The molecule has 2 heterocycles. The molecule has 0 amide bonds. The largest absolute Gasteiger partial charge is 0.487 e. The van der Waals surface area contributed by atoms with Crippen LogP contribution in [0.1, 0.15) is 16.7 Å². The van der Waals surface area contributed by atoms with Gasteiger partial charge in [-0.05, 0) is 16.7 Å². The number of nitrogens with zero attached hydrogens (tertiary/aromatic N) is 2. The average Bonchev–Trinajstić information content (AvgIpc) is 3.51. The molecule has 3 aromatic carbocycles. The van der Waals surface area contributed by atoms with E-state index in [2.05, 4.69) is 72.8 Å². The van der Waals surface area contributed by atoms with E-state index in [-0.39, 0.29) is 6.10 Å². The van der Waals surface area contributed by atoms with Gasteiger partial charge in [0.15, 0.2) is 5.75 Å². The van der Waals surface area contributed by atoms with Gasteiger partial charge in [0.2, 0.25) is 0 Å². The fourth-order valence-electron chi connectivity index (χ4n) is 3.85. The molecule has 0 saturated carbocycles. The summed E-state index contributed by atoms with van der Waals surface area (Å²) in [5.74, 6) is 0.743. The lowest BCUT2D eigenvalue weighted by atomic mass is 9.77. The predicted molar refractivity (Wildman–Crippen MR) is 112 cm³/mol. The number of hydrogen-bond acceptors (Lipinski definition) is 3. The summed E-state index contributed by atoms with van der Waals surface area (Å²) < 4.78 is 13.2. The highest BCUT2D eigenvalue weighted by Crippen LogP contribution is 2.40. The van der Waals surface area contributed by atoms with Crippen LogP contribution in [0, 0.1) is 0 Å². The Hall–Kier alpha value is -3.37. The first kappa shape index (κ1) is 17.7. The van der Waals surface area contributed by atoms with Crippen molar-refractivity contribution in [3.63, 3.8) is 0 Å². The second-order valence-electron chi connectivity index (χ2n) is 7.20. The molecule has 4 aromatic rings. The van der Waals surface area contributed by atoms with Crippen LogP contribution >= 0.6 is 0 Å². The maximum Gasteiger partial charge on any atom is 0.157 e. The first-order valence-electron chi connectivity index (χ1n) is 9.83. The zero-order chi connectivity index (χ0) is 19.5. The van der Waals surface area contributed by atoms with Gasteiger partial charge in [-0.3, -0.25) is 0 Å². The highest BCUT2D eigenvalue weighted by Gasteiger charge is 2.39. The molecule has 1 aliphatic heterocycles. The fourth-order valence-corrected chi connectivity index (χ4v) is 3.85. The number of ether oxygens (including phenoxy) is 2. The molecule has 0 radical (unpaired) electrons. The van der Waals surface area contributed by atoms with Gasteiger partial charge in [-0.25, -0.2) is 4.68 Å². The molecule has 1 fully saturated rings. The number of epoxide rings is 1. The molecular weight excluding hydrogens is 360 g/mol. The first-order chi connectivity index (χ1) is 14.4. The Morgan fingerprint density at radius 2 is 1.31 bits per heavy atom. The van der Waals surface area contributed by atoms with Crippen molar-refractivity contribution >= 4 is 0 Å². The van der Waals surface area contributed by atoms with E-state index in [1.54, 1.807) is 6.20 Å². The molecule has 0 spiro atoms. The lowest BCUT2D eigenvalue weighted by Crippen LogP contribution is -2.38. The zero-order valence-electron chi connectivity index (χ0n) is 16.0. The Labute approximate surface area is 170 Å². The van der Waals surface area contributed by atoms with E-state index in [1.807, 2.05) is 29.1 Å². The van der Waals surface area contributed by atoms with Gasteiger partial charge in [-0.1, -0.05) is 91.0 Å². The normalized spacial score (nSPS) is 15.8. The van der Waals surface area contributed by atoms with Gasteiger partial charge in [0, 0.05) is 0 Å². The van der Waals surface area contributed by atoms with Gasteiger partial charge in [0.25, 0.3) is 0 Å². The van der Waals surface area contributed by atoms with Crippen molar-refractivity contribution in [1.29, 1.82) is 0 Å². The SMILES string of the molecule is c1ccc(C(c2ccccc2)(c2ccccc2)n2cc(OC[C@@H]3CO3)cn2)cc1. The van der Waals surface area contributed by atoms with Crippen molar-refractivity contribution in [3.8, 4) is 5.75 Å². The van der Waals surface area contributed by atoms with E-state index in [1.165, 1.54) is 0 Å². The lowest BCUT2D eigenvalue weighted by Gasteiger charge is -2.36. The van der Waals surface area contributed by atoms with E-state index in [0.717, 1.165) is 29.0 Å². The summed E-state index contributed by atoms with van der Waals surface area (Å²) in [5.41, 5.74) is 2.80. The Balaban J connectivity index is 1.72. The monoisotopic (exact) mass is 382 g/mol. The summed E-state index contributed by atoms with van der Waals surface area (Å²) in [4.78, 5) is 0. The van der Waals surface area contributed by atoms with E-state index < -0.39 is 5.54 Å². The van der Waals surface area contributed by atoms with Gasteiger partial charge in [0.1, 0.15) is 18.2 Å².